The highest BCUT2D eigenvalue weighted by molar-refractivity contribution is 5.69. The lowest BCUT2D eigenvalue weighted by Gasteiger charge is -2.04. The molecule has 1 rings (SSSR count). The number of esters is 1. The van der Waals surface area contributed by atoms with Gasteiger partial charge in [-0.3, -0.25) is 4.79 Å². The van der Waals surface area contributed by atoms with Crippen molar-refractivity contribution < 1.29 is 13.9 Å². The zero-order valence-electron chi connectivity index (χ0n) is 8.66. The first-order valence-electron chi connectivity index (χ1n) is 4.86. The average molecular weight is 196 g/mol. The molecule has 14 heavy (non-hydrogen) atoms. The topological polar surface area (TPSA) is 39.4 Å². The summed E-state index contributed by atoms with van der Waals surface area (Å²) in [6.07, 6.45) is 2.92. The summed E-state index contributed by atoms with van der Waals surface area (Å²) >= 11 is 0. The molecular weight excluding hydrogens is 180 g/mol. The Morgan fingerprint density at radius 1 is 1.57 bits per heavy atom. The number of hydrogen-bond donors (Lipinski definition) is 0. The maximum atomic E-state index is 11.2. The van der Waals surface area contributed by atoms with Gasteiger partial charge in [-0.1, -0.05) is 13.8 Å². The Morgan fingerprint density at radius 2 is 2.36 bits per heavy atom. The number of carbonyl (C=O) groups excluding carboxylic acids is 1. The normalized spacial score (nSPS) is 10.5. The second kappa shape index (κ2) is 5.47. The second-order valence-corrected chi connectivity index (χ2v) is 3.67. The minimum atomic E-state index is -0.157. The van der Waals surface area contributed by atoms with Gasteiger partial charge in [-0.25, -0.2) is 0 Å². The van der Waals surface area contributed by atoms with Crippen LogP contribution in [0.3, 0.4) is 0 Å². The van der Waals surface area contributed by atoms with Crippen LogP contribution in [0.4, 0.5) is 0 Å². The fraction of sp³-hybridized carbons (Fsp3) is 0.545. The van der Waals surface area contributed by atoms with Crippen LogP contribution in [0.2, 0.25) is 0 Å². The molecule has 0 fully saturated rings. The van der Waals surface area contributed by atoms with Gasteiger partial charge in [0.15, 0.2) is 0 Å². The van der Waals surface area contributed by atoms with Crippen molar-refractivity contribution in [2.75, 3.05) is 0 Å². The predicted octanol–water partition coefficient (Wildman–Crippen LogP) is 2.76. The molecule has 78 valence electrons. The Morgan fingerprint density at radius 3 is 2.93 bits per heavy atom. The van der Waals surface area contributed by atoms with E-state index in [-0.39, 0.29) is 12.6 Å². The average Bonchev–Trinajstić information content (AvgIpc) is 2.63. The highest BCUT2D eigenvalue weighted by Gasteiger charge is 2.05. The van der Waals surface area contributed by atoms with Crippen molar-refractivity contribution in [2.45, 2.75) is 33.3 Å². The smallest absolute Gasteiger partial charge is 0.306 e. The minimum Gasteiger partial charge on any atom is -0.466 e. The first kappa shape index (κ1) is 10.8. The van der Waals surface area contributed by atoms with Crippen LogP contribution in [0.15, 0.2) is 22.8 Å². The van der Waals surface area contributed by atoms with Crippen molar-refractivity contribution >= 4 is 5.97 Å². The SMILES string of the molecule is CC(C)CCC(=O)OCc1ccco1. The van der Waals surface area contributed by atoms with Crippen molar-refractivity contribution in [1.29, 1.82) is 0 Å². The Balaban J connectivity index is 2.15. The summed E-state index contributed by atoms with van der Waals surface area (Å²) in [6, 6.07) is 3.56. The Hall–Kier alpha value is -1.25. The Kier molecular flexibility index (Phi) is 4.23. The molecule has 0 radical (unpaired) electrons. The van der Waals surface area contributed by atoms with Gasteiger partial charge < -0.3 is 9.15 Å². The van der Waals surface area contributed by atoms with Gasteiger partial charge >= 0.3 is 5.97 Å². The molecule has 0 amide bonds. The van der Waals surface area contributed by atoms with E-state index in [0.717, 1.165) is 6.42 Å². The van der Waals surface area contributed by atoms with E-state index in [1.807, 2.05) is 0 Å². The van der Waals surface area contributed by atoms with Crippen molar-refractivity contribution in [2.24, 2.45) is 5.92 Å². The van der Waals surface area contributed by atoms with E-state index in [9.17, 15) is 4.79 Å². The predicted molar refractivity (Wildman–Crippen MR) is 52.6 cm³/mol. The quantitative estimate of drug-likeness (QED) is 0.680. The van der Waals surface area contributed by atoms with Gasteiger partial charge in [0.2, 0.25) is 0 Å². The summed E-state index contributed by atoms with van der Waals surface area (Å²) in [5.74, 6) is 1.06. The highest BCUT2D eigenvalue weighted by Crippen LogP contribution is 2.07. The van der Waals surface area contributed by atoms with Crippen molar-refractivity contribution in [3.05, 3.63) is 24.2 Å². The molecular formula is C11H16O3. The zero-order chi connectivity index (χ0) is 10.4. The second-order valence-electron chi connectivity index (χ2n) is 3.67. The molecule has 0 saturated carbocycles. The third kappa shape index (κ3) is 4.12. The summed E-state index contributed by atoms with van der Waals surface area (Å²) in [5.41, 5.74) is 0. The van der Waals surface area contributed by atoms with Crippen LogP contribution in [-0.2, 0) is 16.1 Å². The third-order valence-corrected chi connectivity index (χ3v) is 1.88. The molecule has 0 aliphatic rings. The molecule has 1 aromatic rings. The van der Waals surface area contributed by atoms with Gasteiger partial charge in [0.25, 0.3) is 0 Å². The standard InChI is InChI=1S/C11H16O3/c1-9(2)5-6-11(12)14-8-10-4-3-7-13-10/h3-4,7,9H,5-6,8H2,1-2H3. The van der Waals surface area contributed by atoms with Gasteiger partial charge in [0, 0.05) is 6.42 Å². The molecule has 0 unspecified atom stereocenters. The molecule has 1 aromatic heterocycles. The van der Waals surface area contributed by atoms with Crippen LogP contribution in [0, 0.1) is 5.92 Å². The van der Waals surface area contributed by atoms with Gasteiger partial charge in [0.05, 0.1) is 6.26 Å². The highest BCUT2D eigenvalue weighted by atomic mass is 16.5. The van der Waals surface area contributed by atoms with Crippen LogP contribution in [0.1, 0.15) is 32.4 Å². The van der Waals surface area contributed by atoms with E-state index >= 15 is 0 Å². The summed E-state index contributed by atoms with van der Waals surface area (Å²) in [4.78, 5) is 11.2. The summed E-state index contributed by atoms with van der Waals surface area (Å²) in [7, 11) is 0. The fourth-order valence-electron chi connectivity index (χ4n) is 1.03. The molecule has 3 nitrogen and oxygen atoms in total. The van der Waals surface area contributed by atoms with Crippen molar-refractivity contribution in [3.63, 3.8) is 0 Å². The van der Waals surface area contributed by atoms with E-state index in [0.29, 0.717) is 18.1 Å². The van der Waals surface area contributed by atoms with Crippen molar-refractivity contribution in [3.8, 4) is 0 Å². The maximum absolute atomic E-state index is 11.2. The number of furan rings is 1. The first-order chi connectivity index (χ1) is 6.68. The molecule has 0 N–H and O–H groups in total. The zero-order valence-corrected chi connectivity index (χ0v) is 8.66. The Bertz CT molecular complexity index is 262. The number of rotatable bonds is 5. The molecule has 0 bridgehead atoms. The maximum Gasteiger partial charge on any atom is 0.306 e. The third-order valence-electron chi connectivity index (χ3n) is 1.88. The number of carbonyl (C=O) groups is 1. The molecule has 0 aliphatic heterocycles. The molecule has 0 atom stereocenters. The lowest BCUT2D eigenvalue weighted by molar-refractivity contribution is -0.145. The molecule has 0 spiro atoms. The van der Waals surface area contributed by atoms with E-state index < -0.39 is 0 Å². The van der Waals surface area contributed by atoms with Crippen LogP contribution >= 0.6 is 0 Å². The summed E-state index contributed by atoms with van der Waals surface area (Å²) < 4.78 is 10.0. The van der Waals surface area contributed by atoms with E-state index in [2.05, 4.69) is 13.8 Å². The van der Waals surface area contributed by atoms with E-state index in [1.54, 1.807) is 18.4 Å². The van der Waals surface area contributed by atoms with E-state index in [4.69, 9.17) is 9.15 Å². The fourth-order valence-corrected chi connectivity index (χ4v) is 1.03. The van der Waals surface area contributed by atoms with Crippen LogP contribution in [0.25, 0.3) is 0 Å². The van der Waals surface area contributed by atoms with Gasteiger partial charge in [-0.15, -0.1) is 0 Å². The molecule has 0 saturated heterocycles. The monoisotopic (exact) mass is 196 g/mol. The minimum absolute atomic E-state index is 0.157. The van der Waals surface area contributed by atoms with Gasteiger partial charge in [-0.2, -0.15) is 0 Å². The van der Waals surface area contributed by atoms with Crippen LogP contribution in [0.5, 0.6) is 0 Å². The first-order valence-corrected chi connectivity index (χ1v) is 4.86. The van der Waals surface area contributed by atoms with Crippen LogP contribution < -0.4 is 0 Å². The van der Waals surface area contributed by atoms with E-state index in [1.165, 1.54) is 0 Å². The van der Waals surface area contributed by atoms with Crippen LogP contribution in [-0.4, -0.2) is 5.97 Å². The number of ether oxygens (including phenoxy) is 1. The van der Waals surface area contributed by atoms with Gasteiger partial charge in [0.1, 0.15) is 12.4 Å². The lowest BCUT2D eigenvalue weighted by Crippen LogP contribution is -2.05. The molecule has 3 heteroatoms. The molecule has 0 aromatic carbocycles. The van der Waals surface area contributed by atoms with Gasteiger partial charge in [-0.05, 0) is 24.5 Å². The lowest BCUT2D eigenvalue weighted by atomic mass is 10.1. The summed E-state index contributed by atoms with van der Waals surface area (Å²) in [5, 5.41) is 0. The Labute approximate surface area is 84.1 Å². The number of hydrogen-bond acceptors (Lipinski definition) is 3. The molecule has 1 heterocycles. The largest absolute Gasteiger partial charge is 0.466 e. The summed E-state index contributed by atoms with van der Waals surface area (Å²) in [6.45, 7) is 4.41. The van der Waals surface area contributed by atoms with Crippen molar-refractivity contribution in [1.82, 2.24) is 0 Å². The molecule has 0 aliphatic carbocycles.